The van der Waals surface area contributed by atoms with Gasteiger partial charge in [0.25, 0.3) is 0 Å². The summed E-state index contributed by atoms with van der Waals surface area (Å²) < 4.78 is 0. The molecule has 4 aliphatic carbocycles. The van der Waals surface area contributed by atoms with Crippen molar-refractivity contribution in [1.29, 1.82) is 0 Å². The molecule has 7 rings (SSSR count). The lowest BCUT2D eigenvalue weighted by molar-refractivity contribution is -0.140. The van der Waals surface area contributed by atoms with Crippen LogP contribution < -0.4 is 10.6 Å². The van der Waals surface area contributed by atoms with Crippen LogP contribution in [-0.2, 0) is 9.59 Å². The molecule has 0 radical (unpaired) electrons. The number of carbonyl (C=O) groups is 2. The number of imidazole rings is 1. The number of nitrogens with zero attached hydrogens (tertiary/aromatic N) is 1. The minimum Gasteiger partial charge on any atom is -0.333 e. The number of H-pyrrole nitrogens is 1. The molecule has 1 aromatic heterocycles. The van der Waals surface area contributed by atoms with Gasteiger partial charge in [-0.1, -0.05) is 30.0 Å². The van der Waals surface area contributed by atoms with Gasteiger partial charge in [0.15, 0.2) is 5.16 Å². The number of rotatable bonds is 6. The van der Waals surface area contributed by atoms with Crippen LogP contribution in [-0.4, -0.2) is 27.5 Å². The number of aromatic amines is 1. The second-order valence-corrected chi connectivity index (χ2v) is 11.1. The quantitative estimate of drug-likeness (QED) is 0.427. The van der Waals surface area contributed by atoms with Crippen molar-refractivity contribution in [3.8, 4) is 0 Å². The largest absolute Gasteiger partial charge is 0.333 e. The molecule has 7 heteroatoms. The first kappa shape index (κ1) is 20.8. The van der Waals surface area contributed by atoms with Crippen molar-refractivity contribution < 1.29 is 9.59 Å². The van der Waals surface area contributed by atoms with E-state index in [4.69, 9.17) is 0 Å². The molecule has 0 atom stereocenters. The summed E-state index contributed by atoms with van der Waals surface area (Å²) >= 11 is 1.37. The summed E-state index contributed by atoms with van der Waals surface area (Å²) in [7, 11) is 0. The summed E-state index contributed by atoms with van der Waals surface area (Å²) in [6.45, 7) is 0. The minimum absolute atomic E-state index is 0.106. The van der Waals surface area contributed by atoms with Crippen LogP contribution in [0.15, 0.2) is 53.7 Å². The molecule has 4 bridgehead atoms. The van der Waals surface area contributed by atoms with Crippen LogP contribution in [0.25, 0.3) is 11.0 Å². The lowest BCUT2D eigenvalue weighted by Crippen LogP contribution is -2.51. The monoisotopic (exact) mass is 460 g/mol. The van der Waals surface area contributed by atoms with Gasteiger partial charge in [-0.05, 0) is 86.6 Å². The topological polar surface area (TPSA) is 86.9 Å². The normalized spacial score (nSPS) is 27.6. The highest BCUT2D eigenvalue weighted by Crippen LogP contribution is 2.60. The van der Waals surface area contributed by atoms with Crippen molar-refractivity contribution in [2.75, 3.05) is 16.4 Å². The molecule has 0 unspecified atom stereocenters. The highest BCUT2D eigenvalue weighted by molar-refractivity contribution is 7.99. The van der Waals surface area contributed by atoms with Crippen LogP contribution in [0, 0.1) is 23.2 Å². The zero-order valence-electron chi connectivity index (χ0n) is 18.5. The molecule has 170 valence electrons. The molecule has 3 aromatic rings. The highest BCUT2D eigenvalue weighted by atomic mass is 32.2. The number of thioether (sulfide) groups is 1. The summed E-state index contributed by atoms with van der Waals surface area (Å²) in [5, 5.41) is 6.84. The Kier molecular flexibility index (Phi) is 5.17. The van der Waals surface area contributed by atoms with Gasteiger partial charge < -0.3 is 15.6 Å². The van der Waals surface area contributed by atoms with Crippen molar-refractivity contribution in [2.45, 2.75) is 43.7 Å². The van der Waals surface area contributed by atoms with E-state index < -0.39 is 0 Å². The maximum atomic E-state index is 13.3. The molecule has 3 N–H and O–H groups in total. The summed E-state index contributed by atoms with van der Waals surface area (Å²) in [5.74, 6) is 2.52. The number of hydrogen-bond donors (Lipinski definition) is 3. The Labute approximate surface area is 197 Å². The summed E-state index contributed by atoms with van der Waals surface area (Å²) in [5.41, 5.74) is 3.11. The number of fused-ring (bicyclic) bond motifs is 1. The maximum absolute atomic E-state index is 13.3. The standard InChI is InChI=1S/C26H28N4O2S/c31-23(15-33-25-29-21-6-1-2-7-22(21)30-25)27-19-4-3-5-20(11-19)28-24(32)26-12-16-8-17(13-26)10-18(9-16)14-26/h1-7,11,16-18H,8-10,12-15H2,(H,27,31)(H,28,32)(H,29,30). The van der Waals surface area contributed by atoms with Crippen LogP contribution in [0.2, 0.25) is 0 Å². The minimum atomic E-state index is -0.183. The van der Waals surface area contributed by atoms with Crippen molar-refractivity contribution in [2.24, 2.45) is 23.2 Å². The summed E-state index contributed by atoms with van der Waals surface area (Å²) in [6.07, 6.45) is 7.08. The number of anilines is 2. The Morgan fingerprint density at radius 2 is 1.61 bits per heavy atom. The van der Waals surface area contributed by atoms with E-state index in [2.05, 4.69) is 20.6 Å². The van der Waals surface area contributed by atoms with Gasteiger partial charge in [-0.25, -0.2) is 4.98 Å². The smallest absolute Gasteiger partial charge is 0.234 e. The molecule has 1 heterocycles. The average Bonchev–Trinajstić information content (AvgIpc) is 3.20. The Hall–Kier alpha value is -2.80. The van der Waals surface area contributed by atoms with Gasteiger partial charge in [-0.3, -0.25) is 9.59 Å². The lowest BCUT2D eigenvalue weighted by Gasteiger charge is -2.55. The number of nitrogens with one attached hydrogen (secondary N) is 3. The molecule has 4 fully saturated rings. The van der Waals surface area contributed by atoms with E-state index in [1.54, 1.807) is 0 Å². The predicted octanol–water partition coefficient (Wildman–Crippen LogP) is 5.45. The third kappa shape index (κ3) is 4.14. The lowest BCUT2D eigenvalue weighted by atomic mass is 9.49. The molecule has 0 saturated heterocycles. The van der Waals surface area contributed by atoms with Gasteiger partial charge in [0.1, 0.15) is 0 Å². The second kappa shape index (κ2) is 8.20. The molecule has 4 saturated carbocycles. The predicted molar refractivity (Wildman–Crippen MR) is 131 cm³/mol. The van der Waals surface area contributed by atoms with E-state index in [0.29, 0.717) is 5.69 Å². The molecule has 0 aliphatic heterocycles. The first-order valence-electron chi connectivity index (χ1n) is 11.8. The van der Waals surface area contributed by atoms with E-state index in [-0.39, 0.29) is 23.0 Å². The van der Waals surface area contributed by atoms with Crippen LogP contribution in [0.4, 0.5) is 11.4 Å². The second-order valence-electron chi connectivity index (χ2n) is 10.1. The van der Waals surface area contributed by atoms with Gasteiger partial charge in [0.05, 0.1) is 22.2 Å². The van der Waals surface area contributed by atoms with E-state index in [9.17, 15) is 9.59 Å². The zero-order chi connectivity index (χ0) is 22.4. The molecule has 0 spiro atoms. The third-order valence-electron chi connectivity index (χ3n) is 7.63. The molecule has 2 aromatic carbocycles. The molecule has 4 aliphatic rings. The van der Waals surface area contributed by atoms with Crippen LogP contribution in [0.3, 0.4) is 0 Å². The Bertz CT molecular complexity index is 1150. The Balaban J connectivity index is 1.07. The van der Waals surface area contributed by atoms with E-state index in [1.165, 1.54) is 31.0 Å². The van der Waals surface area contributed by atoms with Gasteiger partial charge in [-0.15, -0.1) is 0 Å². The Morgan fingerprint density at radius 1 is 0.939 bits per heavy atom. The first-order chi connectivity index (χ1) is 16.0. The van der Waals surface area contributed by atoms with E-state index >= 15 is 0 Å². The highest BCUT2D eigenvalue weighted by Gasteiger charge is 2.54. The molecular weight excluding hydrogens is 432 g/mol. The number of benzene rings is 2. The first-order valence-corrected chi connectivity index (χ1v) is 12.8. The number of hydrogen-bond acceptors (Lipinski definition) is 4. The number of aromatic nitrogens is 2. The fraction of sp³-hybridized carbons (Fsp3) is 0.423. The summed E-state index contributed by atoms with van der Waals surface area (Å²) in [4.78, 5) is 33.5. The van der Waals surface area contributed by atoms with E-state index in [0.717, 1.165) is 58.9 Å². The third-order valence-corrected chi connectivity index (χ3v) is 8.51. The van der Waals surface area contributed by atoms with Gasteiger partial charge >= 0.3 is 0 Å². The Morgan fingerprint density at radius 3 is 2.30 bits per heavy atom. The van der Waals surface area contributed by atoms with Crippen LogP contribution in [0.1, 0.15) is 38.5 Å². The molecule has 6 nitrogen and oxygen atoms in total. The molecule has 2 amide bonds. The van der Waals surface area contributed by atoms with Crippen LogP contribution >= 0.6 is 11.8 Å². The fourth-order valence-electron chi connectivity index (χ4n) is 6.66. The fourth-order valence-corrected chi connectivity index (χ4v) is 7.34. The van der Waals surface area contributed by atoms with Crippen molar-refractivity contribution in [3.05, 3.63) is 48.5 Å². The van der Waals surface area contributed by atoms with Crippen molar-refractivity contribution >= 4 is 46.0 Å². The molecule has 33 heavy (non-hydrogen) atoms. The van der Waals surface area contributed by atoms with Gasteiger partial charge in [0, 0.05) is 11.4 Å². The average molecular weight is 461 g/mol. The van der Waals surface area contributed by atoms with Gasteiger partial charge in [0.2, 0.25) is 11.8 Å². The van der Waals surface area contributed by atoms with Crippen molar-refractivity contribution in [1.82, 2.24) is 9.97 Å². The number of carbonyl (C=O) groups excluding carboxylic acids is 2. The van der Waals surface area contributed by atoms with Crippen molar-refractivity contribution in [3.63, 3.8) is 0 Å². The number of para-hydroxylation sites is 2. The maximum Gasteiger partial charge on any atom is 0.234 e. The van der Waals surface area contributed by atoms with Gasteiger partial charge in [-0.2, -0.15) is 0 Å². The van der Waals surface area contributed by atoms with Crippen LogP contribution in [0.5, 0.6) is 0 Å². The number of amides is 2. The molecular formula is C26H28N4O2S. The van der Waals surface area contributed by atoms with E-state index in [1.807, 2.05) is 48.5 Å². The SMILES string of the molecule is O=C(CSc1nc2ccccc2[nH]1)Nc1cccc(NC(=O)C23CC4CC(CC(C4)C2)C3)c1. The zero-order valence-corrected chi connectivity index (χ0v) is 19.3. The summed E-state index contributed by atoms with van der Waals surface area (Å²) in [6, 6.07) is 15.3.